The van der Waals surface area contributed by atoms with E-state index < -0.39 is 16.7 Å². The average Bonchev–Trinajstić information content (AvgIpc) is 2.78. The molecule has 0 spiro atoms. The lowest BCUT2D eigenvalue weighted by atomic mass is 10.1. The average molecular weight is 295 g/mol. The van der Waals surface area contributed by atoms with E-state index in [0.717, 1.165) is 5.01 Å². The van der Waals surface area contributed by atoms with E-state index >= 15 is 0 Å². The van der Waals surface area contributed by atoms with E-state index in [1.807, 2.05) is 0 Å². The van der Waals surface area contributed by atoms with E-state index in [2.05, 4.69) is 5.10 Å². The Kier molecular flexibility index (Phi) is 3.23. The Labute approximate surface area is 124 Å². The first kappa shape index (κ1) is 13.6. The summed E-state index contributed by atoms with van der Waals surface area (Å²) < 4.78 is 0. The molecule has 0 saturated heterocycles. The van der Waals surface area contributed by atoms with Crippen molar-refractivity contribution < 1.29 is 14.5 Å². The lowest BCUT2D eigenvalue weighted by Crippen LogP contribution is -2.23. The Hall–Kier alpha value is -3.35. The first-order chi connectivity index (χ1) is 10.6. The number of fused-ring (bicyclic) bond motifs is 1. The maximum atomic E-state index is 12.1. The molecular weight excluding hydrogens is 286 g/mol. The zero-order valence-corrected chi connectivity index (χ0v) is 11.2. The van der Waals surface area contributed by atoms with E-state index in [9.17, 15) is 19.7 Å². The van der Waals surface area contributed by atoms with Gasteiger partial charge in [-0.3, -0.25) is 19.7 Å². The highest BCUT2D eigenvalue weighted by Gasteiger charge is 2.35. The summed E-state index contributed by atoms with van der Waals surface area (Å²) in [5.41, 5.74) is 0.921. The summed E-state index contributed by atoms with van der Waals surface area (Å²) >= 11 is 0. The van der Waals surface area contributed by atoms with Gasteiger partial charge in [-0.15, -0.1) is 0 Å². The van der Waals surface area contributed by atoms with Crippen molar-refractivity contribution in [3.63, 3.8) is 0 Å². The van der Waals surface area contributed by atoms with Crippen LogP contribution >= 0.6 is 0 Å². The number of carbonyl (C=O) groups excluding carboxylic acids is 2. The molecule has 0 bridgehead atoms. The fourth-order valence-corrected chi connectivity index (χ4v) is 2.12. The third-order valence-electron chi connectivity index (χ3n) is 3.18. The highest BCUT2D eigenvalue weighted by molar-refractivity contribution is 6.21. The number of nitrogens with zero attached hydrogens (tertiary/aromatic N) is 3. The Morgan fingerprint density at radius 3 is 2.23 bits per heavy atom. The van der Waals surface area contributed by atoms with Crippen molar-refractivity contribution in [1.29, 1.82) is 0 Å². The summed E-state index contributed by atoms with van der Waals surface area (Å²) in [5.74, 6) is -1.02. The Morgan fingerprint density at radius 1 is 1.00 bits per heavy atom. The molecule has 0 fully saturated rings. The summed E-state index contributed by atoms with van der Waals surface area (Å²) in [7, 11) is 0. The lowest BCUT2D eigenvalue weighted by Gasteiger charge is -2.05. The van der Waals surface area contributed by atoms with Crippen LogP contribution in [-0.2, 0) is 0 Å². The summed E-state index contributed by atoms with van der Waals surface area (Å²) in [5, 5.41) is 15.3. The molecule has 108 valence electrons. The quantitative estimate of drug-likeness (QED) is 0.375. The fourth-order valence-electron chi connectivity index (χ4n) is 2.12. The van der Waals surface area contributed by atoms with Gasteiger partial charge < -0.3 is 0 Å². The van der Waals surface area contributed by atoms with E-state index in [4.69, 9.17) is 0 Å². The monoisotopic (exact) mass is 295 g/mol. The number of hydrogen-bond donors (Lipinski definition) is 0. The van der Waals surface area contributed by atoms with Crippen molar-refractivity contribution in [2.75, 3.05) is 0 Å². The standard InChI is InChI=1S/C15H9N3O4/c19-14-12-6-1-2-7-13(12)15(20)17(14)16-9-10-4-3-5-11(8-10)18(21)22/h1-9H/b16-9-. The Morgan fingerprint density at radius 2 is 1.64 bits per heavy atom. The van der Waals surface area contributed by atoms with Gasteiger partial charge in [-0.05, 0) is 12.1 Å². The minimum Gasteiger partial charge on any atom is -0.267 e. The number of non-ortho nitro benzene ring substituents is 1. The molecule has 7 nitrogen and oxygen atoms in total. The van der Waals surface area contributed by atoms with Crippen LogP contribution in [0.15, 0.2) is 53.6 Å². The van der Waals surface area contributed by atoms with Crippen molar-refractivity contribution in [3.8, 4) is 0 Å². The first-order valence-corrected chi connectivity index (χ1v) is 6.34. The van der Waals surface area contributed by atoms with Crippen molar-refractivity contribution in [2.24, 2.45) is 5.10 Å². The molecule has 2 amide bonds. The van der Waals surface area contributed by atoms with Gasteiger partial charge in [0.15, 0.2) is 0 Å². The number of benzene rings is 2. The first-order valence-electron chi connectivity index (χ1n) is 6.34. The number of nitro benzene ring substituents is 1. The minimum absolute atomic E-state index is 0.0914. The predicted octanol–water partition coefficient (Wildman–Crippen LogP) is 2.22. The van der Waals surface area contributed by atoms with E-state index in [0.29, 0.717) is 16.7 Å². The molecule has 2 aromatic carbocycles. The predicted molar refractivity (Wildman–Crippen MR) is 77.6 cm³/mol. The van der Waals surface area contributed by atoms with Crippen molar-refractivity contribution in [1.82, 2.24) is 5.01 Å². The number of hydrogen-bond acceptors (Lipinski definition) is 5. The maximum absolute atomic E-state index is 12.1. The molecule has 0 radical (unpaired) electrons. The molecule has 0 atom stereocenters. The van der Waals surface area contributed by atoms with Crippen LogP contribution < -0.4 is 0 Å². The van der Waals surface area contributed by atoms with Gasteiger partial charge >= 0.3 is 0 Å². The molecule has 7 heteroatoms. The minimum atomic E-state index is -0.528. The summed E-state index contributed by atoms with van der Waals surface area (Å²) in [6, 6.07) is 12.2. The molecule has 0 N–H and O–H groups in total. The number of imide groups is 1. The van der Waals surface area contributed by atoms with E-state index in [-0.39, 0.29) is 5.69 Å². The summed E-state index contributed by atoms with van der Waals surface area (Å²) in [6.45, 7) is 0. The molecule has 0 saturated carbocycles. The third kappa shape index (κ3) is 2.24. The molecule has 1 heterocycles. The maximum Gasteiger partial charge on any atom is 0.282 e. The lowest BCUT2D eigenvalue weighted by molar-refractivity contribution is -0.384. The van der Waals surface area contributed by atoms with Gasteiger partial charge in [0.05, 0.1) is 22.3 Å². The molecule has 3 rings (SSSR count). The van der Waals surface area contributed by atoms with Gasteiger partial charge in [0.1, 0.15) is 0 Å². The zero-order chi connectivity index (χ0) is 15.7. The Bertz CT molecular complexity index is 794. The Balaban J connectivity index is 1.88. The SMILES string of the molecule is O=C1c2ccccc2C(=O)N1/N=C\c1cccc([N+](=O)[O-])c1. The van der Waals surface area contributed by atoms with Crippen LogP contribution in [0.1, 0.15) is 26.3 Å². The number of nitro groups is 1. The second-order valence-corrected chi connectivity index (χ2v) is 4.56. The highest BCUT2D eigenvalue weighted by Crippen LogP contribution is 2.22. The normalized spacial score (nSPS) is 13.7. The van der Waals surface area contributed by atoms with Crippen LogP contribution in [0, 0.1) is 10.1 Å². The summed E-state index contributed by atoms with van der Waals surface area (Å²) in [4.78, 5) is 34.4. The summed E-state index contributed by atoms with van der Waals surface area (Å²) in [6.07, 6.45) is 1.24. The molecule has 1 aliphatic rings. The van der Waals surface area contributed by atoms with Gasteiger partial charge in [0, 0.05) is 17.7 Å². The number of hydrazone groups is 1. The molecule has 0 aromatic heterocycles. The number of rotatable bonds is 3. The second-order valence-electron chi connectivity index (χ2n) is 4.56. The molecule has 22 heavy (non-hydrogen) atoms. The second kappa shape index (κ2) is 5.21. The zero-order valence-electron chi connectivity index (χ0n) is 11.2. The van der Waals surface area contributed by atoms with Crippen LogP contribution in [0.4, 0.5) is 5.69 Å². The van der Waals surface area contributed by atoms with Gasteiger partial charge in [-0.2, -0.15) is 10.1 Å². The van der Waals surface area contributed by atoms with Gasteiger partial charge in [0.25, 0.3) is 17.5 Å². The van der Waals surface area contributed by atoms with Crippen molar-refractivity contribution >= 4 is 23.7 Å². The van der Waals surface area contributed by atoms with Gasteiger partial charge in [-0.25, -0.2) is 0 Å². The van der Waals surface area contributed by atoms with Crippen LogP contribution in [0.3, 0.4) is 0 Å². The van der Waals surface area contributed by atoms with E-state index in [1.54, 1.807) is 30.3 Å². The van der Waals surface area contributed by atoms with Gasteiger partial charge in [-0.1, -0.05) is 24.3 Å². The molecule has 0 unspecified atom stereocenters. The molecular formula is C15H9N3O4. The largest absolute Gasteiger partial charge is 0.282 e. The number of carbonyl (C=O) groups is 2. The van der Waals surface area contributed by atoms with Crippen LogP contribution in [0.25, 0.3) is 0 Å². The van der Waals surface area contributed by atoms with Crippen LogP contribution in [-0.4, -0.2) is 28.0 Å². The van der Waals surface area contributed by atoms with Crippen LogP contribution in [0.2, 0.25) is 0 Å². The van der Waals surface area contributed by atoms with Crippen LogP contribution in [0.5, 0.6) is 0 Å². The van der Waals surface area contributed by atoms with Gasteiger partial charge in [0.2, 0.25) is 0 Å². The van der Waals surface area contributed by atoms with E-state index in [1.165, 1.54) is 24.4 Å². The third-order valence-corrected chi connectivity index (χ3v) is 3.18. The smallest absolute Gasteiger partial charge is 0.267 e. The number of amides is 2. The molecule has 2 aromatic rings. The topological polar surface area (TPSA) is 92.9 Å². The molecule has 0 aliphatic carbocycles. The molecule has 1 aliphatic heterocycles. The highest BCUT2D eigenvalue weighted by atomic mass is 16.6. The van der Waals surface area contributed by atoms with Crippen molar-refractivity contribution in [2.45, 2.75) is 0 Å². The van der Waals surface area contributed by atoms with Crippen molar-refractivity contribution in [3.05, 3.63) is 75.3 Å². The fraction of sp³-hybridized carbons (Fsp3) is 0.